The molecule has 1 amide bonds. The molecule has 0 aromatic rings. The van der Waals surface area contributed by atoms with E-state index in [9.17, 15) is 18.1 Å². The lowest BCUT2D eigenvalue weighted by Crippen LogP contribution is -2.49. The maximum Gasteiger partial charge on any atom is 0.323 e. The summed E-state index contributed by atoms with van der Waals surface area (Å²) in [6.07, 6.45) is 0. The smallest absolute Gasteiger partial charge is 0.266 e. The highest BCUT2D eigenvalue weighted by molar-refractivity contribution is 6.75. The van der Waals surface area contributed by atoms with E-state index in [0.29, 0.717) is 6.92 Å². The van der Waals surface area contributed by atoms with Gasteiger partial charge in [0.2, 0.25) is 0 Å². The van der Waals surface area contributed by atoms with Crippen molar-refractivity contribution < 1.29 is 18.1 Å². The first-order chi connectivity index (χ1) is 5.07. The predicted octanol–water partition coefficient (Wildman–Crippen LogP) is 2.19. The van der Waals surface area contributed by atoms with Gasteiger partial charge in [-0.05, 0) is 19.6 Å². The fourth-order valence-electron chi connectivity index (χ4n) is 0.477. The Morgan fingerprint density at radius 3 is 1.75 bits per heavy atom. The molecule has 0 atom stereocenters. The van der Waals surface area contributed by atoms with Gasteiger partial charge in [0.15, 0.2) is 8.24 Å². The SMILES string of the molecule is CC(F)(F)C(=O)N(F)[Si](C)(C)C. The van der Waals surface area contributed by atoms with Gasteiger partial charge in [-0.25, -0.2) is 4.79 Å². The van der Waals surface area contributed by atoms with Crippen molar-refractivity contribution in [3.05, 3.63) is 0 Å². The van der Waals surface area contributed by atoms with Gasteiger partial charge >= 0.3 is 11.8 Å². The van der Waals surface area contributed by atoms with Crippen LogP contribution in [0.2, 0.25) is 19.6 Å². The molecule has 2 nitrogen and oxygen atoms in total. The normalized spacial score (nSPS) is 12.9. The summed E-state index contributed by atoms with van der Waals surface area (Å²) in [6.45, 7) is 4.80. The molecule has 12 heavy (non-hydrogen) atoms. The van der Waals surface area contributed by atoms with E-state index in [2.05, 4.69) is 0 Å². The topological polar surface area (TPSA) is 20.3 Å². The minimum Gasteiger partial charge on any atom is -0.266 e. The zero-order valence-electron chi connectivity index (χ0n) is 7.49. The molecule has 0 aliphatic rings. The summed E-state index contributed by atoms with van der Waals surface area (Å²) >= 11 is 0. The van der Waals surface area contributed by atoms with Crippen LogP contribution in [-0.4, -0.2) is 24.9 Å². The second-order valence-corrected chi connectivity index (χ2v) is 8.38. The number of carbonyl (C=O) groups is 1. The Morgan fingerprint density at radius 1 is 1.33 bits per heavy atom. The maximum atomic E-state index is 12.9. The van der Waals surface area contributed by atoms with Crippen LogP contribution in [0.1, 0.15) is 6.92 Å². The van der Waals surface area contributed by atoms with E-state index in [1.807, 2.05) is 0 Å². The fourth-order valence-corrected chi connectivity index (χ4v) is 1.28. The molecule has 0 heterocycles. The Kier molecular flexibility index (Phi) is 2.95. The van der Waals surface area contributed by atoms with Crippen LogP contribution in [0.15, 0.2) is 0 Å². The van der Waals surface area contributed by atoms with Crippen LogP contribution in [0, 0.1) is 0 Å². The molecule has 0 saturated carbocycles. The molecular weight excluding hydrogens is 187 g/mol. The number of alkyl halides is 2. The first-order valence-electron chi connectivity index (χ1n) is 3.45. The Morgan fingerprint density at radius 2 is 1.67 bits per heavy atom. The molecule has 0 unspecified atom stereocenters. The van der Waals surface area contributed by atoms with Crippen LogP contribution in [-0.2, 0) is 4.79 Å². The highest BCUT2D eigenvalue weighted by Crippen LogP contribution is 2.20. The van der Waals surface area contributed by atoms with E-state index < -0.39 is 20.1 Å². The fraction of sp³-hybridized carbons (Fsp3) is 0.833. The van der Waals surface area contributed by atoms with Gasteiger partial charge in [0.1, 0.15) is 0 Å². The lowest BCUT2D eigenvalue weighted by molar-refractivity contribution is -0.161. The summed E-state index contributed by atoms with van der Waals surface area (Å²) in [5.41, 5.74) is 0. The zero-order valence-corrected chi connectivity index (χ0v) is 8.49. The van der Waals surface area contributed by atoms with Crippen molar-refractivity contribution in [2.75, 3.05) is 0 Å². The van der Waals surface area contributed by atoms with Crippen molar-refractivity contribution in [2.45, 2.75) is 32.5 Å². The van der Waals surface area contributed by atoms with Crippen molar-refractivity contribution in [1.29, 1.82) is 0 Å². The standard InChI is InChI=1S/C6H12F3NOSi/c1-6(7,8)5(11)10(9)12(2,3)4/h1-4H3. The zero-order chi connectivity index (χ0) is 10.2. The Labute approximate surface area is 70.4 Å². The lowest BCUT2D eigenvalue weighted by Gasteiger charge is -2.26. The van der Waals surface area contributed by atoms with E-state index in [4.69, 9.17) is 0 Å². The Bertz CT molecular complexity index is 184. The summed E-state index contributed by atoms with van der Waals surface area (Å²) in [5.74, 6) is -5.36. The van der Waals surface area contributed by atoms with Crippen molar-refractivity contribution in [3.8, 4) is 0 Å². The molecule has 0 aromatic heterocycles. The molecule has 0 bridgehead atoms. The highest BCUT2D eigenvalue weighted by atomic mass is 28.3. The molecular formula is C6H12F3NOSi. The van der Waals surface area contributed by atoms with Crippen molar-refractivity contribution in [2.24, 2.45) is 0 Å². The third-order valence-corrected chi connectivity index (χ3v) is 2.52. The largest absolute Gasteiger partial charge is 0.323 e. The van der Waals surface area contributed by atoms with Gasteiger partial charge in [-0.3, -0.25) is 4.79 Å². The number of hydrogen-bond acceptors (Lipinski definition) is 1. The van der Waals surface area contributed by atoms with E-state index >= 15 is 0 Å². The molecule has 6 heteroatoms. The number of hydrogen-bond donors (Lipinski definition) is 0. The molecule has 0 fully saturated rings. The van der Waals surface area contributed by atoms with Gasteiger partial charge in [-0.2, -0.15) is 8.78 Å². The first kappa shape index (κ1) is 11.5. The maximum absolute atomic E-state index is 12.9. The van der Waals surface area contributed by atoms with E-state index in [-0.39, 0.29) is 4.79 Å². The molecule has 0 saturated heterocycles. The Balaban J connectivity index is 4.53. The van der Waals surface area contributed by atoms with Crippen LogP contribution in [0.4, 0.5) is 13.3 Å². The average Bonchev–Trinajstić information content (AvgIpc) is 1.80. The van der Waals surface area contributed by atoms with Crippen LogP contribution in [0.5, 0.6) is 0 Å². The van der Waals surface area contributed by atoms with Gasteiger partial charge < -0.3 is 0 Å². The molecule has 0 radical (unpaired) electrons. The summed E-state index contributed by atoms with van der Waals surface area (Å²) < 4.78 is 37.4. The van der Waals surface area contributed by atoms with Crippen LogP contribution >= 0.6 is 0 Å². The molecule has 0 aromatic carbocycles. The van der Waals surface area contributed by atoms with E-state index in [1.165, 1.54) is 19.6 Å². The molecule has 72 valence electrons. The molecule has 0 spiro atoms. The predicted molar refractivity (Wildman–Crippen MR) is 41.9 cm³/mol. The third kappa shape index (κ3) is 2.84. The van der Waals surface area contributed by atoms with E-state index in [0.717, 1.165) is 0 Å². The minimum absolute atomic E-state index is 0.313. The molecule has 0 rings (SSSR count). The van der Waals surface area contributed by atoms with Crippen LogP contribution < -0.4 is 0 Å². The molecule has 0 aliphatic heterocycles. The Hall–Kier alpha value is -0.523. The summed E-state index contributed by atoms with van der Waals surface area (Å²) in [6, 6.07) is 0. The van der Waals surface area contributed by atoms with Gasteiger partial charge in [0, 0.05) is 6.92 Å². The van der Waals surface area contributed by atoms with Crippen LogP contribution in [0.25, 0.3) is 0 Å². The summed E-state index contributed by atoms with van der Waals surface area (Å²) in [7, 11) is -2.60. The monoisotopic (exact) mass is 199 g/mol. The number of halogens is 3. The quantitative estimate of drug-likeness (QED) is 0.493. The lowest BCUT2D eigenvalue weighted by atomic mass is 10.4. The van der Waals surface area contributed by atoms with Gasteiger partial charge in [0.25, 0.3) is 0 Å². The van der Waals surface area contributed by atoms with Gasteiger partial charge in [0.05, 0.1) is 0 Å². The van der Waals surface area contributed by atoms with Gasteiger partial charge in [-0.15, -0.1) is 4.48 Å². The number of rotatable bonds is 2. The van der Waals surface area contributed by atoms with Crippen molar-refractivity contribution in [1.82, 2.24) is 4.79 Å². The van der Waals surface area contributed by atoms with E-state index in [1.54, 1.807) is 0 Å². The van der Waals surface area contributed by atoms with Crippen molar-refractivity contribution >= 4 is 14.1 Å². The van der Waals surface area contributed by atoms with Crippen LogP contribution in [0.3, 0.4) is 0 Å². The summed E-state index contributed by atoms with van der Waals surface area (Å²) in [5, 5.41) is 0. The number of carbonyl (C=O) groups excluding carboxylic acids is 1. The molecule has 0 aliphatic carbocycles. The highest BCUT2D eigenvalue weighted by Gasteiger charge is 2.42. The van der Waals surface area contributed by atoms with Gasteiger partial charge in [-0.1, -0.05) is 0 Å². The summed E-state index contributed by atoms with van der Waals surface area (Å²) in [4.78, 5) is 10.3. The first-order valence-corrected chi connectivity index (χ1v) is 6.90. The number of amides is 1. The number of nitrogens with zero attached hydrogens (tertiary/aromatic N) is 1. The minimum atomic E-state index is -3.62. The second kappa shape index (κ2) is 3.08. The third-order valence-electron chi connectivity index (χ3n) is 1.14. The second-order valence-electron chi connectivity index (χ2n) is 3.65. The molecule has 0 N–H and O–H groups in total. The average molecular weight is 199 g/mol. The van der Waals surface area contributed by atoms with Crippen molar-refractivity contribution in [3.63, 3.8) is 0 Å².